The van der Waals surface area contributed by atoms with E-state index in [1.54, 1.807) is 0 Å². The molecular formula is C44H72N6. The average Bonchev–Trinajstić information content (AvgIpc) is 3.07. The molecule has 0 radical (unpaired) electrons. The van der Waals surface area contributed by atoms with Gasteiger partial charge in [0.2, 0.25) is 0 Å². The molecule has 3 aromatic carbocycles. The third-order valence-electron chi connectivity index (χ3n) is 9.27. The molecule has 0 saturated heterocycles. The monoisotopic (exact) mass is 685 g/mol. The van der Waals surface area contributed by atoms with Crippen molar-refractivity contribution in [1.29, 1.82) is 0 Å². The summed E-state index contributed by atoms with van der Waals surface area (Å²) in [5.41, 5.74) is 22.0. The molecule has 278 valence electrons. The van der Waals surface area contributed by atoms with Gasteiger partial charge < -0.3 is 32.7 Å². The zero-order chi connectivity index (χ0) is 36.4. The standard InChI is InChI=1S/C44H72N6/c1-33(2)31-49-22-8-20-47-24-18-42(45)26-35-10-14-37(15-11-35)39-28-40(30-41(29-39)44(5,6)7)38-16-12-36(13-17-38)27-43(46)19-25-48-21-9-23-50-32-34(3)4/h10-17,28-30,33-34,42-43,47-50H,8-9,18-27,31-32,45-46H2,1-7H3. The maximum atomic E-state index is 6.53. The van der Waals surface area contributed by atoms with Gasteiger partial charge in [-0.2, -0.15) is 0 Å². The zero-order valence-corrected chi connectivity index (χ0v) is 32.7. The van der Waals surface area contributed by atoms with Gasteiger partial charge in [-0.1, -0.05) is 109 Å². The highest BCUT2D eigenvalue weighted by atomic mass is 14.9. The molecule has 0 saturated carbocycles. The quantitative estimate of drug-likeness (QED) is 0.0555. The highest BCUT2D eigenvalue weighted by molar-refractivity contribution is 5.75. The average molecular weight is 685 g/mol. The molecule has 0 aliphatic carbocycles. The Balaban J connectivity index is 1.52. The van der Waals surface area contributed by atoms with Crippen molar-refractivity contribution in [3.05, 3.63) is 83.4 Å². The summed E-state index contributed by atoms with van der Waals surface area (Å²) in [5, 5.41) is 14.1. The van der Waals surface area contributed by atoms with E-state index in [-0.39, 0.29) is 17.5 Å². The predicted molar refractivity (Wildman–Crippen MR) is 219 cm³/mol. The van der Waals surface area contributed by atoms with Gasteiger partial charge in [-0.15, -0.1) is 0 Å². The number of rotatable bonds is 24. The summed E-state index contributed by atoms with van der Waals surface area (Å²) in [4.78, 5) is 0. The fourth-order valence-corrected chi connectivity index (χ4v) is 6.15. The smallest absolute Gasteiger partial charge is 0.00914 e. The van der Waals surface area contributed by atoms with Crippen molar-refractivity contribution in [2.24, 2.45) is 23.3 Å². The summed E-state index contributed by atoms with van der Waals surface area (Å²) in [6, 6.07) is 25.4. The van der Waals surface area contributed by atoms with Crippen LogP contribution < -0.4 is 32.7 Å². The first-order valence-electron chi connectivity index (χ1n) is 19.6. The molecule has 0 aromatic heterocycles. The van der Waals surface area contributed by atoms with Crippen LogP contribution in [-0.2, 0) is 18.3 Å². The first-order chi connectivity index (χ1) is 23.9. The SMILES string of the molecule is CC(C)CNCCCNCCC(N)Cc1ccc(-c2cc(-c3ccc(CC(N)CCNCCCNCC(C)C)cc3)cc(C(C)(C)C)c2)cc1. The highest BCUT2D eigenvalue weighted by Crippen LogP contribution is 2.34. The lowest BCUT2D eigenvalue weighted by atomic mass is 9.83. The lowest BCUT2D eigenvalue weighted by molar-refractivity contribution is 0.516. The third-order valence-corrected chi connectivity index (χ3v) is 9.27. The molecule has 0 aliphatic heterocycles. The molecule has 0 amide bonds. The number of hydrogen-bond acceptors (Lipinski definition) is 6. The maximum Gasteiger partial charge on any atom is 0.00914 e. The van der Waals surface area contributed by atoms with Crippen LogP contribution in [0.4, 0.5) is 0 Å². The zero-order valence-electron chi connectivity index (χ0n) is 32.7. The fraction of sp³-hybridized carbons (Fsp3) is 0.591. The van der Waals surface area contributed by atoms with Gasteiger partial charge in [-0.25, -0.2) is 0 Å². The van der Waals surface area contributed by atoms with Crippen molar-refractivity contribution in [1.82, 2.24) is 21.3 Å². The van der Waals surface area contributed by atoms with Gasteiger partial charge in [0.05, 0.1) is 0 Å². The Morgan fingerprint density at radius 1 is 0.500 bits per heavy atom. The van der Waals surface area contributed by atoms with Gasteiger partial charge in [-0.3, -0.25) is 0 Å². The van der Waals surface area contributed by atoms with Crippen LogP contribution in [0.2, 0.25) is 0 Å². The van der Waals surface area contributed by atoms with E-state index in [0.717, 1.165) is 90.9 Å². The summed E-state index contributed by atoms with van der Waals surface area (Å²) < 4.78 is 0. The normalized spacial score (nSPS) is 13.3. The molecule has 0 bridgehead atoms. The summed E-state index contributed by atoms with van der Waals surface area (Å²) >= 11 is 0. The topological polar surface area (TPSA) is 100 Å². The second kappa shape index (κ2) is 22.4. The van der Waals surface area contributed by atoms with Crippen molar-refractivity contribution in [3.8, 4) is 22.3 Å². The van der Waals surface area contributed by atoms with Crippen molar-refractivity contribution < 1.29 is 0 Å². The van der Waals surface area contributed by atoms with E-state index in [1.165, 1.54) is 38.9 Å². The Kier molecular flexibility index (Phi) is 18.7. The van der Waals surface area contributed by atoms with Gasteiger partial charge in [0.15, 0.2) is 0 Å². The van der Waals surface area contributed by atoms with E-state index in [1.807, 2.05) is 0 Å². The highest BCUT2D eigenvalue weighted by Gasteiger charge is 2.17. The molecule has 0 fully saturated rings. The van der Waals surface area contributed by atoms with Crippen LogP contribution in [0, 0.1) is 11.8 Å². The van der Waals surface area contributed by atoms with Crippen molar-refractivity contribution >= 4 is 0 Å². The number of hydrogen-bond donors (Lipinski definition) is 6. The second-order valence-electron chi connectivity index (χ2n) is 16.4. The van der Waals surface area contributed by atoms with E-state index in [4.69, 9.17) is 11.5 Å². The van der Waals surface area contributed by atoms with Gasteiger partial charge in [-0.05, 0) is 153 Å². The molecule has 0 aliphatic rings. The summed E-state index contributed by atoms with van der Waals surface area (Å²) in [5.74, 6) is 1.41. The van der Waals surface area contributed by atoms with Crippen molar-refractivity contribution in [3.63, 3.8) is 0 Å². The molecule has 2 atom stereocenters. The molecule has 6 heteroatoms. The van der Waals surface area contributed by atoms with Gasteiger partial charge in [0.25, 0.3) is 0 Å². The van der Waals surface area contributed by atoms with Crippen LogP contribution in [0.15, 0.2) is 66.7 Å². The molecular weight excluding hydrogens is 613 g/mol. The largest absolute Gasteiger partial charge is 0.327 e. The van der Waals surface area contributed by atoms with Crippen molar-refractivity contribution in [2.45, 2.75) is 104 Å². The molecule has 0 spiro atoms. The first kappa shape index (κ1) is 41.8. The molecule has 2 unspecified atom stereocenters. The van der Waals surface area contributed by atoms with Crippen molar-refractivity contribution in [2.75, 3.05) is 52.4 Å². The Labute approximate surface area is 306 Å². The fourth-order valence-electron chi connectivity index (χ4n) is 6.15. The van der Waals surface area contributed by atoms with E-state index in [2.05, 4.69) is 136 Å². The van der Waals surface area contributed by atoms with Crippen LogP contribution in [0.5, 0.6) is 0 Å². The van der Waals surface area contributed by atoms with Crippen LogP contribution in [0.25, 0.3) is 22.3 Å². The van der Waals surface area contributed by atoms with E-state index in [9.17, 15) is 0 Å². The van der Waals surface area contributed by atoms with Gasteiger partial charge in [0.1, 0.15) is 0 Å². The van der Waals surface area contributed by atoms with E-state index >= 15 is 0 Å². The molecule has 6 nitrogen and oxygen atoms in total. The molecule has 3 rings (SSSR count). The predicted octanol–water partition coefficient (Wildman–Crippen LogP) is 7.29. The number of nitrogens with two attached hydrogens (primary N) is 2. The summed E-state index contributed by atoms with van der Waals surface area (Å²) in [6.45, 7) is 24.2. The minimum absolute atomic E-state index is 0.0431. The van der Waals surface area contributed by atoms with Crippen LogP contribution >= 0.6 is 0 Å². The number of nitrogens with one attached hydrogen (secondary N) is 4. The van der Waals surface area contributed by atoms with Crippen LogP contribution in [0.1, 0.15) is 90.8 Å². The summed E-state index contributed by atoms with van der Waals surface area (Å²) in [6.07, 6.45) is 6.06. The van der Waals surface area contributed by atoms with Crippen LogP contribution in [-0.4, -0.2) is 64.4 Å². The van der Waals surface area contributed by atoms with E-state index < -0.39 is 0 Å². The minimum atomic E-state index is 0.0431. The molecule has 8 N–H and O–H groups in total. The lowest BCUT2D eigenvalue weighted by Crippen LogP contribution is -2.30. The Morgan fingerprint density at radius 2 is 0.880 bits per heavy atom. The molecule has 0 heterocycles. The molecule has 3 aromatic rings. The summed E-state index contributed by atoms with van der Waals surface area (Å²) in [7, 11) is 0. The first-order valence-corrected chi connectivity index (χ1v) is 19.6. The number of benzene rings is 3. The van der Waals surface area contributed by atoms with Crippen LogP contribution in [0.3, 0.4) is 0 Å². The van der Waals surface area contributed by atoms with Gasteiger partial charge >= 0.3 is 0 Å². The van der Waals surface area contributed by atoms with E-state index in [0.29, 0.717) is 11.8 Å². The lowest BCUT2D eigenvalue weighted by Gasteiger charge is -2.22. The maximum absolute atomic E-state index is 6.53. The molecule has 50 heavy (non-hydrogen) atoms. The third kappa shape index (κ3) is 16.6. The Morgan fingerprint density at radius 3 is 1.24 bits per heavy atom. The Bertz CT molecular complexity index is 1230. The van der Waals surface area contributed by atoms with Gasteiger partial charge in [0, 0.05) is 12.1 Å². The minimum Gasteiger partial charge on any atom is -0.327 e. The Hall–Kier alpha value is -2.58. The second-order valence-corrected chi connectivity index (χ2v) is 16.4.